The summed E-state index contributed by atoms with van der Waals surface area (Å²) in [6.45, 7) is 1.17. The molecule has 8 heteroatoms. The molecule has 0 aliphatic carbocycles. The second-order valence-electron chi connectivity index (χ2n) is 5.54. The SMILES string of the molecule is O=C(NCCCn1ccnc1)c1ccc(COc2ccc(F)cc2F)o1. The zero-order chi connectivity index (χ0) is 18.4. The van der Waals surface area contributed by atoms with Gasteiger partial charge in [-0.25, -0.2) is 13.8 Å². The van der Waals surface area contributed by atoms with Gasteiger partial charge in [0.05, 0.1) is 6.33 Å². The zero-order valence-electron chi connectivity index (χ0n) is 13.8. The highest BCUT2D eigenvalue weighted by Gasteiger charge is 2.12. The molecule has 1 aromatic carbocycles. The van der Waals surface area contributed by atoms with Gasteiger partial charge in [-0.15, -0.1) is 0 Å². The Balaban J connectivity index is 1.45. The first-order chi connectivity index (χ1) is 12.6. The third-order valence-corrected chi connectivity index (χ3v) is 3.59. The smallest absolute Gasteiger partial charge is 0.286 e. The first-order valence-electron chi connectivity index (χ1n) is 8.02. The standard InChI is InChI=1S/C18H17F2N3O3/c19-13-2-4-16(15(20)10-13)25-11-14-3-5-17(26-14)18(24)22-6-1-8-23-9-7-21-12-23/h2-5,7,9-10,12H,1,6,8,11H2,(H,22,24). The first-order valence-corrected chi connectivity index (χ1v) is 8.02. The average Bonchev–Trinajstić information content (AvgIpc) is 3.29. The van der Waals surface area contributed by atoms with E-state index in [0.29, 0.717) is 12.3 Å². The van der Waals surface area contributed by atoms with Crippen LogP contribution in [-0.2, 0) is 13.2 Å². The maximum absolute atomic E-state index is 13.5. The minimum atomic E-state index is -0.799. The summed E-state index contributed by atoms with van der Waals surface area (Å²) >= 11 is 0. The van der Waals surface area contributed by atoms with E-state index in [0.717, 1.165) is 25.1 Å². The summed E-state index contributed by atoms with van der Waals surface area (Å²) in [7, 11) is 0. The normalized spacial score (nSPS) is 10.7. The molecule has 6 nitrogen and oxygen atoms in total. The number of carbonyl (C=O) groups excluding carboxylic acids is 1. The Morgan fingerprint density at radius 2 is 2.15 bits per heavy atom. The van der Waals surface area contributed by atoms with E-state index in [1.807, 2.05) is 10.8 Å². The Bertz CT molecular complexity index is 862. The second-order valence-corrected chi connectivity index (χ2v) is 5.54. The van der Waals surface area contributed by atoms with Crippen LogP contribution in [-0.4, -0.2) is 22.0 Å². The van der Waals surface area contributed by atoms with Crippen molar-refractivity contribution in [2.75, 3.05) is 6.54 Å². The maximum Gasteiger partial charge on any atom is 0.286 e. The predicted octanol–water partition coefficient (Wildman–Crippen LogP) is 3.15. The fraction of sp³-hybridized carbons (Fsp3) is 0.222. The minimum absolute atomic E-state index is 0.0730. The molecule has 1 amide bonds. The molecule has 3 rings (SSSR count). The summed E-state index contributed by atoms with van der Waals surface area (Å²) in [5.74, 6) is -1.40. The summed E-state index contributed by atoms with van der Waals surface area (Å²) in [5.41, 5.74) is 0. The summed E-state index contributed by atoms with van der Waals surface area (Å²) < 4.78 is 38.9. The molecule has 0 spiro atoms. The van der Waals surface area contributed by atoms with E-state index in [2.05, 4.69) is 10.3 Å². The Morgan fingerprint density at radius 3 is 2.92 bits per heavy atom. The van der Waals surface area contributed by atoms with Gasteiger partial charge >= 0.3 is 0 Å². The van der Waals surface area contributed by atoms with Crippen LogP contribution in [0.1, 0.15) is 22.7 Å². The molecule has 3 aromatic rings. The maximum atomic E-state index is 13.5. The van der Waals surface area contributed by atoms with Crippen molar-refractivity contribution in [3.63, 3.8) is 0 Å². The second kappa shape index (κ2) is 8.28. The summed E-state index contributed by atoms with van der Waals surface area (Å²) in [6, 6.07) is 6.12. The third-order valence-electron chi connectivity index (χ3n) is 3.59. The highest BCUT2D eigenvalue weighted by Crippen LogP contribution is 2.19. The molecule has 1 N–H and O–H groups in total. The highest BCUT2D eigenvalue weighted by molar-refractivity contribution is 5.91. The van der Waals surface area contributed by atoms with Crippen LogP contribution in [0.25, 0.3) is 0 Å². The highest BCUT2D eigenvalue weighted by atomic mass is 19.1. The van der Waals surface area contributed by atoms with Gasteiger partial charge in [-0.1, -0.05) is 0 Å². The number of hydrogen-bond donors (Lipinski definition) is 1. The van der Waals surface area contributed by atoms with Gasteiger partial charge in [0.15, 0.2) is 17.3 Å². The van der Waals surface area contributed by atoms with E-state index in [1.165, 1.54) is 12.1 Å². The van der Waals surface area contributed by atoms with Crippen LogP contribution in [0.15, 0.2) is 53.5 Å². The number of halogens is 2. The number of hydrogen-bond acceptors (Lipinski definition) is 4. The van der Waals surface area contributed by atoms with E-state index in [9.17, 15) is 13.6 Å². The zero-order valence-corrected chi connectivity index (χ0v) is 13.8. The number of aryl methyl sites for hydroxylation is 1. The fourth-order valence-electron chi connectivity index (χ4n) is 2.29. The molecule has 0 unspecified atom stereocenters. The van der Waals surface area contributed by atoms with Gasteiger partial charge in [0.1, 0.15) is 18.2 Å². The van der Waals surface area contributed by atoms with E-state index in [4.69, 9.17) is 9.15 Å². The van der Waals surface area contributed by atoms with Crippen molar-refractivity contribution in [2.45, 2.75) is 19.6 Å². The van der Waals surface area contributed by atoms with E-state index in [-0.39, 0.29) is 24.0 Å². The molecule has 2 heterocycles. The van der Waals surface area contributed by atoms with Gasteiger partial charge in [0.2, 0.25) is 0 Å². The number of aromatic nitrogens is 2. The molecule has 0 saturated heterocycles. The fourth-order valence-corrected chi connectivity index (χ4v) is 2.29. The van der Waals surface area contributed by atoms with E-state index in [1.54, 1.807) is 18.6 Å². The molecule has 26 heavy (non-hydrogen) atoms. The van der Waals surface area contributed by atoms with Crippen molar-refractivity contribution < 1.29 is 22.7 Å². The minimum Gasteiger partial charge on any atom is -0.483 e. The van der Waals surface area contributed by atoms with Gasteiger partial charge in [-0.05, 0) is 30.7 Å². The molecule has 2 aromatic heterocycles. The van der Waals surface area contributed by atoms with Crippen LogP contribution in [0.5, 0.6) is 5.75 Å². The molecule has 0 radical (unpaired) electrons. The molecule has 0 saturated carbocycles. The third kappa shape index (κ3) is 4.69. The number of furan rings is 1. The van der Waals surface area contributed by atoms with Gasteiger partial charge in [-0.2, -0.15) is 0 Å². The predicted molar refractivity (Wildman–Crippen MR) is 88.6 cm³/mol. The lowest BCUT2D eigenvalue weighted by Crippen LogP contribution is -2.24. The van der Waals surface area contributed by atoms with E-state index < -0.39 is 11.6 Å². The lowest BCUT2D eigenvalue weighted by Gasteiger charge is -2.06. The number of carbonyl (C=O) groups is 1. The summed E-state index contributed by atoms with van der Waals surface area (Å²) in [5, 5.41) is 2.75. The number of nitrogens with zero attached hydrogens (tertiary/aromatic N) is 2. The number of rotatable bonds is 8. The van der Waals surface area contributed by atoms with Crippen LogP contribution in [0.4, 0.5) is 8.78 Å². The monoisotopic (exact) mass is 361 g/mol. The molecular weight excluding hydrogens is 344 g/mol. The molecular formula is C18H17F2N3O3. The Labute approximate surface area is 148 Å². The number of nitrogens with one attached hydrogen (secondary N) is 1. The molecule has 0 fully saturated rings. The van der Waals surface area contributed by atoms with Crippen molar-refractivity contribution >= 4 is 5.91 Å². The molecule has 0 bridgehead atoms. The molecule has 136 valence electrons. The topological polar surface area (TPSA) is 69.3 Å². The van der Waals surface area contributed by atoms with Gasteiger partial charge in [0.25, 0.3) is 5.91 Å². The van der Waals surface area contributed by atoms with Gasteiger partial charge in [0, 0.05) is 31.5 Å². The average molecular weight is 361 g/mol. The van der Waals surface area contributed by atoms with Crippen LogP contribution in [0.2, 0.25) is 0 Å². The number of amides is 1. The van der Waals surface area contributed by atoms with Crippen LogP contribution in [0.3, 0.4) is 0 Å². The lowest BCUT2D eigenvalue weighted by molar-refractivity contribution is 0.0920. The van der Waals surface area contributed by atoms with E-state index >= 15 is 0 Å². The van der Waals surface area contributed by atoms with Crippen molar-refractivity contribution in [1.82, 2.24) is 14.9 Å². The van der Waals surface area contributed by atoms with Gasteiger partial charge in [-0.3, -0.25) is 4.79 Å². The first kappa shape index (κ1) is 17.7. The quantitative estimate of drug-likeness (QED) is 0.626. The van der Waals surface area contributed by atoms with Crippen molar-refractivity contribution in [1.29, 1.82) is 0 Å². The number of imidazole rings is 1. The van der Waals surface area contributed by atoms with Crippen LogP contribution in [0, 0.1) is 11.6 Å². The van der Waals surface area contributed by atoms with Crippen LogP contribution < -0.4 is 10.1 Å². The van der Waals surface area contributed by atoms with Crippen molar-refractivity contribution in [3.8, 4) is 5.75 Å². The largest absolute Gasteiger partial charge is 0.483 e. The molecule has 0 aliphatic rings. The van der Waals surface area contributed by atoms with Crippen molar-refractivity contribution in [3.05, 3.63) is 72.2 Å². The lowest BCUT2D eigenvalue weighted by atomic mass is 10.3. The number of ether oxygens (including phenoxy) is 1. The molecule has 0 atom stereocenters. The van der Waals surface area contributed by atoms with Gasteiger partial charge < -0.3 is 19.0 Å². The Hall–Kier alpha value is -3.16. The summed E-state index contributed by atoms with van der Waals surface area (Å²) in [4.78, 5) is 16.0. The van der Waals surface area contributed by atoms with Crippen LogP contribution >= 0.6 is 0 Å². The molecule has 0 aliphatic heterocycles. The van der Waals surface area contributed by atoms with Crippen molar-refractivity contribution in [2.24, 2.45) is 0 Å². The Morgan fingerprint density at radius 1 is 1.27 bits per heavy atom. The number of benzene rings is 1. The Kier molecular flexibility index (Phi) is 5.62. The summed E-state index contributed by atoms with van der Waals surface area (Å²) in [6.07, 6.45) is 6.01.